The van der Waals surface area contributed by atoms with Gasteiger partial charge in [-0.3, -0.25) is 4.79 Å². The number of unbranched alkanes of at least 4 members (excludes halogenated alkanes) is 10. The molecule has 1 aromatic rings. The average molecular weight is 392 g/mol. The number of anilines is 1. The molecule has 0 spiro atoms. The van der Waals surface area contributed by atoms with Crippen LogP contribution >= 0.6 is 0 Å². The summed E-state index contributed by atoms with van der Waals surface area (Å²) in [5.74, 6) is 0.179. The van der Waals surface area contributed by atoms with E-state index in [1.165, 1.54) is 57.8 Å². The molecule has 0 aliphatic carbocycles. The van der Waals surface area contributed by atoms with Gasteiger partial charge in [0.15, 0.2) is 0 Å². The number of aromatic hydroxyl groups is 1. The molecule has 0 aliphatic heterocycles. The van der Waals surface area contributed by atoms with Crippen LogP contribution in [-0.2, 0) is 4.79 Å². The fourth-order valence-electron chi connectivity index (χ4n) is 3.48. The molecule has 4 heteroatoms. The van der Waals surface area contributed by atoms with Gasteiger partial charge in [0.1, 0.15) is 5.75 Å². The Morgan fingerprint density at radius 1 is 0.893 bits per heavy atom. The number of hydrogen-bond donors (Lipinski definition) is 3. The summed E-state index contributed by atoms with van der Waals surface area (Å²) in [6.07, 6.45) is 16.6. The first-order chi connectivity index (χ1) is 13.6. The second-order valence-corrected chi connectivity index (χ2v) is 7.97. The number of benzene rings is 1. The summed E-state index contributed by atoms with van der Waals surface area (Å²) in [6.45, 7) is 2.21. The smallest absolute Gasteiger partial charge is 0.224 e. The van der Waals surface area contributed by atoms with Crippen molar-refractivity contribution in [2.75, 3.05) is 5.32 Å². The Balaban J connectivity index is 1.87. The van der Waals surface area contributed by atoms with Crippen LogP contribution in [0.3, 0.4) is 0 Å². The molecular formula is C24H41NO3. The van der Waals surface area contributed by atoms with E-state index in [4.69, 9.17) is 0 Å². The SMILES string of the molecule is CCCCCCC(O)CCCCCCCCCCC(=O)Nc1cccc(O)c1. The number of rotatable bonds is 17. The Morgan fingerprint density at radius 3 is 2.07 bits per heavy atom. The third-order valence-electron chi connectivity index (χ3n) is 5.21. The number of aliphatic hydroxyl groups is 1. The molecular weight excluding hydrogens is 350 g/mol. The van der Waals surface area contributed by atoms with Crippen LogP contribution in [0.25, 0.3) is 0 Å². The van der Waals surface area contributed by atoms with E-state index in [2.05, 4.69) is 12.2 Å². The number of carbonyl (C=O) groups is 1. The Morgan fingerprint density at radius 2 is 1.46 bits per heavy atom. The van der Waals surface area contributed by atoms with Crippen LogP contribution in [0.5, 0.6) is 5.75 Å². The summed E-state index contributed by atoms with van der Waals surface area (Å²) < 4.78 is 0. The molecule has 0 radical (unpaired) electrons. The third kappa shape index (κ3) is 13.6. The van der Waals surface area contributed by atoms with Crippen LogP contribution in [0, 0.1) is 0 Å². The summed E-state index contributed by atoms with van der Waals surface area (Å²) in [4.78, 5) is 11.9. The van der Waals surface area contributed by atoms with Crippen molar-refractivity contribution in [3.63, 3.8) is 0 Å². The topological polar surface area (TPSA) is 69.6 Å². The normalized spacial score (nSPS) is 12.1. The highest BCUT2D eigenvalue weighted by Crippen LogP contribution is 2.17. The zero-order chi connectivity index (χ0) is 20.5. The van der Waals surface area contributed by atoms with E-state index in [-0.39, 0.29) is 17.8 Å². The fourth-order valence-corrected chi connectivity index (χ4v) is 3.48. The van der Waals surface area contributed by atoms with Gasteiger partial charge in [0.25, 0.3) is 0 Å². The van der Waals surface area contributed by atoms with Crippen molar-refractivity contribution < 1.29 is 15.0 Å². The lowest BCUT2D eigenvalue weighted by atomic mass is 10.0. The molecule has 3 N–H and O–H groups in total. The lowest BCUT2D eigenvalue weighted by Crippen LogP contribution is -2.10. The minimum Gasteiger partial charge on any atom is -0.508 e. The van der Waals surface area contributed by atoms with E-state index in [0.717, 1.165) is 32.1 Å². The van der Waals surface area contributed by atoms with E-state index in [1.807, 2.05) is 0 Å². The first-order valence-electron chi connectivity index (χ1n) is 11.4. The molecule has 0 aliphatic rings. The maximum absolute atomic E-state index is 11.9. The lowest BCUT2D eigenvalue weighted by Gasteiger charge is -2.10. The predicted octanol–water partition coefficient (Wildman–Crippen LogP) is 6.56. The van der Waals surface area contributed by atoms with Crippen molar-refractivity contribution in [1.82, 2.24) is 0 Å². The number of phenols is 1. The highest BCUT2D eigenvalue weighted by Gasteiger charge is 2.04. The predicted molar refractivity (Wildman–Crippen MR) is 118 cm³/mol. The quantitative estimate of drug-likeness (QED) is 0.263. The first-order valence-corrected chi connectivity index (χ1v) is 11.4. The Bertz CT molecular complexity index is 518. The van der Waals surface area contributed by atoms with Crippen molar-refractivity contribution in [2.24, 2.45) is 0 Å². The molecule has 0 aromatic heterocycles. The van der Waals surface area contributed by atoms with Crippen LogP contribution in [0.15, 0.2) is 24.3 Å². The molecule has 1 atom stereocenters. The van der Waals surface area contributed by atoms with Crippen LogP contribution in [0.4, 0.5) is 5.69 Å². The molecule has 1 amide bonds. The maximum atomic E-state index is 11.9. The van der Waals surface area contributed by atoms with E-state index in [9.17, 15) is 15.0 Å². The summed E-state index contributed by atoms with van der Waals surface area (Å²) >= 11 is 0. The summed E-state index contributed by atoms with van der Waals surface area (Å²) in [6, 6.07) is 6.65. The van der Waals surface area contributed by atoms with Crippen molar-refractivity contribution in [2.45, 2.75) is 109 Å². The molecule has 0 saturated carbocycles. The second kappa shape index (κ2) is 16.4. The largest absolute Gasteiger partial charge is 0.508 e. The number of nitrogens with one attached hydrogen (secondary N) is 1. The van der Waals surface area contributed by atoms with Crippen LogP contribution in [-0.4, -0.2) is 22.2 Å². The minimum absolute atomic E-state index is 0.0128. The molecule has 0 bridgehead atoms. The van der Waals surface area contributed by atoms with Gasteiger partial charge in [-0.1, -0.05) is 83.6 Å². The second-order valence-electron chi connectivity index (χ2n) is 7.97. The van der Waals surface area contributed by atoms with Crippen molar-refractivity contribution in [3.8, 4) is 5.75 Å². The Labute approximate surface area is 171 Å². The number of amides is 1. The number of carbonyl (C=O) groups excluding carboxylic acids is 1. The van der Waals surface area contributed by atoms with Crippen LogP contribution in [0.1, 0.15) is 103 Å². The minimum atomic E-state index is -0.0946. The summed E-state index contributed by atoms with van der Waals surface area (Å²) in [5.41, 5.74) is 0.649. The van der Waals surface area contributed by atoms with Crippen LogP contribution < -0.4 is 5.32 Å². The molecule has 1 rings (SSSR count). The lowest BCUT2D eigenvalue weighted by molar-refractivity contribution is -0.116. The van der Waals surface area contributed by atoms with Gasteiger partial charge >= 0.3 is 0 Å². The fraction of sp³-hybridized carbons (Fsp3) is 0.708. The Kier molecular flexibility index (Phi) is 14.4. The standard InChI is InChI=1S/C24H41NO3/c1-2-3-4-11-16-22(26)17-12-9-7-5-6-8-10-13-19-24(28)25-21-15-14-18-23(27)20-21/h14-15,18,20,22,26-27H,2-13,16-17,19H2,1H3,(H,25,28). The Hall–Kier alpha value is -1.55. The van der Waals surface area contributed by atoms with Crippen molar-refractivity contribution in [1.29, 1.82) is 0 Å². The average Bonchev–Trinajstić information content (AvgIpc) is 2.66. The van der Waals surface area contributed by atoms with E-state index < -0.39 is 0 Å². The van der Waals surface area contributed by atoms with Crippen molar-refractivity contribution in [3.05, 3.63) is 24.3 Å². The molecule has 0 saturated heterocycles. The van der Waals surface area contributed by atoms with Gasteiger partial charge in [-0.2, -0.15) is 0 Å². The first kappa shape index (κ1) is 24.5. The molecule has 4 nitrogen and oxygen atoms in total. The zero-order valence-electron chi connectivity index (χ0n) is 17.8. The summed E-state index contributed by atoms with van der Waals surface area (Å²) in [5, 5.41) is 22.2. The van der Waals surface area contributed by atoms with Gasteiger partial charge in [0, 0.05) is 18.2 Å². The number of aliphatic hydroxyl groups excluding tert-OH is 1. The van der Waals surface area contributed by atoms with E-state index in [1.54, 1.807) is 24.3 Å². The third-order valence-corrected chi connectivity index (χ3v) is 5.21. The van der Waals surface area contributed by atoms with Gasteiger partial charge in [-0.05, 0) is 31.4 Å². The monoisotopic (exact) mass is 391 g/mol. The van der Waals surface area contributed by atoms with Gasteiger partial charge in [0.05, 0.1) is 6.10 Å². The molecule has 1 unspecified atom stereocenters. The van der Waals surface area contributed by atoms with Crippen LogP contribution in [0.2, 0.25) is 0 Å². The summed E-state index contributed by atoms with van der Waals surface area (Å²) in [7, 11) is 0. The van der Waals surface area contributed by atoms with Crippen molar-refractivity contribution >= 4 is 11.6 Å². The van der Waals surface area contributed by atoms with Gasteiger partial charge in [-0.25, -0.2) is 0 Å². The molecule has 160 valence electrons. The maximum Gasteiger partial charge on any atom is 0.224 e. The zero-order valence-corrected chi connectivity index (χ0v) is 17.8. The molecule has 0 fully saturated rings. The van der Waals surface area contributed by atoms with Gasteiger partial charge < -0.3 is 15.5 Å². The highest BCUT2D eigenvalue weighted by molar-refractivity contribution is 5.90. The number of phenolic OH excluding ortho intramolecular Hbond substituents is 1. The molecule has 28 heavy (non-hydrogen) atoms. The van der Waals surface area contributed by atoms with Gasteiger partial charge in [-0.15, -0.1) is 0 Å². The highest BCUT2D eigenvalue weighted by atomic mass is 16.3. The van der Waals surface area contributed by atoms with E-state index >= 15 is 0 Å². The molecule has 0 heterocycles. The van der Waals surface area contributed by atoms with E-state index in [0.29, 0.717) is 12.1 Å². The number of hydrogen-bond acceptors (Lipinski definition) is 3. The molecule has 1 aromatic carbocycles. The van der Waals surface area contributed by atoms with Gasteiger partial charge in [0.2, 0.25) is 5.91 Å².